The number of nitrogens with one attached hydrogen (secondary N) is 1. The minimum atomic E-state index is -0.931. The topological polar surface area (TPSA) is 79.5 Å². The normalized spacial score (nSPS) is 13.4. The first-order chi connectivity index (χ1) is 10.5. The highest BCUT2D eigenvalue weighted by atomic mass is 16.4. The van der Waals surface area contributed by atoms with E-state index in [4.69, 9.17) is 4.42 Å². The van der Waals surface area contributed by atoms with Crippen LogP contribution in [-0.2, 0) is 11.2 Å². The maximum Gasteiger partial charge on any atom is 0.308 e. The fourth-order valence-corrected chi connectivity index (χ4v) is 2.30. The van der Waals surface area contributed by atoms with E-state index in [1.54, 1.807) is 19.9 Å². The van der Waals surface area contributed by atoms with E-state index in [2.05, 4.69) is 5.32 Å². The SMILES string of the molecule is Cc1cc(C(=O)NC(C)C(Cc2ccccc2)C(=O)O)co1. The van der Waals surface area contributed by atoms with Crippen LogP contribution in [0.3, 0.4) is 0 Å². The number of hydrogen-bond acceptors (Lipinski definition) is 3. The molecule has 1 aromatic carbocycles. The summed E-state index contributed by atoms with van der Waals surface area (Å²) in [6.07, 6.45) is 1.73. The Kier molecular flexibility index (Phi) is 4.99. The summed E-state index contributed by atoms with van der Waals surface area (Å²) in [6.45, 7) is 3.45. The molecule has 2 rings (SSSR count). The zero-order valence-corrected chi connectivity index (χ0v) is 12.6. The summed E-state index contributed by atoms with van der Waals surface area (Å²) < 4.78 is 5.09. The number of carbonyl (C=O) groups excluding carboxylic acids is 1. The molecule has 0 spiro atoms. The van der Waals surface area contributed by atoms with E-state index in [-0.39, 0.29) is 5.91 Å². The molecule has 0 aliphatic heterocycles. The summed E-state index contributed by atoms with van der Waals surface area (Å²) >= 11 is 0. The molecule has 0 fully saturated rings. The van der Waals surface area contributed by atoms with Crippen LogP contribution >= 0.6 is 0 Å². The van der Waals surface area contributed by atoms with Gasteiger partial charge in [-0.3, -0.25) is 9.59 Å². The van der Waals surface area contributed by atoms with Gasteiger partial charge in [-0.25, -0.2) is 0 Å². The van der Waals surface area contributed by atoms with Gasteiger partial charge in [-0.2, -0.15) is 0 Å². The predicted molar refractivity (Wildman–Crippen MR) is 81.6 cm³/mol. The van der Waals surface area contributed by atoms with Gasteiger partial charge in [0.15, 0.2) is 0 Å². The number of carboxylic acids is 1. The molecule has 0 radical (unpaired) electrons. The molecule has 0 aliphatic rings. The molecule has 1 amide bonds. The summed E-state index contributed by atoms with van der Waals surface area (Å²) in [4.78, 5) is 23.6. The molecule has 1 aromatic heterocycles. The molecule has 5 heteroatoms. The fourth-order valence-electron chi connectivity index (χ4n) is 2.30. The molecule has 0 aliphatic carbocycles. The van der Waals surface area contributed by atoms with Gasteiger partial charge in [-0.15, -0.1) is 0 Å². The number of aliphatic carboxylic acids is 1. The van der Waals surface area contributed by atoms with Crippen LogP contribution in [0.4, 0.5) is 0 Å². The lowest BCUT2D eigenvalue weighted by atomic mass is 9.93. The maximum absolute atomic E-state index is 12.1. The van der Waals surface area contributed by atoms with E-state index in [0.29, 0.717) is 17.7 Å². The highest BCUT2D eigenvalue weighted by Crippen LogP contribution is 2.14. The summed E-state index contributed by atoms with van der Waals surface area (Å²) in [5.74, 6) is -1.32. The van der Waals surface area contributed by atoms with Crippen molar-refractivity contribution in [3.63, 3.8) is 0 Å². The molecule has 5 nitrogen and oxygen atoms in total. The highest BCUT2D eigenvalue weighted by molar-refractivity contribution is 5.94. The van der Waals surface area contributed by atoms with E-state index in [1.807, 2.05) is 30.3 Å². The molecule has 0 saturated heterocycles. The number of aryl methyl sites for hydroxylation is 1. The molecule has 2 N–H and O–H groups in total. The van der Waals surface area contributed by atoms with Gasteiger partial charge in [0, 0.05) is 6.04 Å². The Morgan fingerprint density at radius 1 is 1.27 bits per heavy atom. The average molecular weight is 301 g/mol. The van der Waals surface area contributed by atoms with Crippen molar-refractivity contribution in [2.75, 3.05) is 0 Å². The van der Waals surface area contributed by atoms with Crippen molar-refractivity contribution >= 4 is 11.9 Å². The van der Waals surface area contributed by atoms with Gasteiger partial charge >= 0.3 is 5.97 Å². The minimum Gasteiger partial charge on any atom is -0.481 e. The van der Waals surface area contributed by atoms with Crippen LogP contribution < -0.4 is 5.32 Å². The van der Waals surface area contributed by atoms with Crippen LogP contribution in [0.15, 0.2) is 47.1 Å². The van der Waals surface area contributed by atoms with Crippen LogP contribution in [0.25, 0.3) is 0 Å². The monoisotopic (exact) mass is 301 g/mol. The molecular formula is C17H19NO4. The highest BCUT2D eigenvalue weighted by Gasteiger charge is 2.26. The first-order valence-electron chi connectivity index (χ1n) is 7.10. The molecule has 1 heterocycles. The Balaban J connectivity index is 2.05. The number of rotatable bonds is 6. The van der Waals surface area contributed by atoms with Crippen molar-refractivity contribution < 1.29 is 19.1 Å². The Labute approximate surface area is 129 Å². The molecule has 2 atom stereocenters. The summed E-state index contributed by atoms with van der Waals surface area (Å²) in [6, 6.07) is 10.5. The molecule has 2 unspecified atom stereocenters. The predicted octanol–water partition coefficient (Wildman–Crippen LogP) is 2.65. The third-order valence-electron chi connectivity index (χ3n) is 3.57. The zero-order chi connectivity index (χ0) is 16.1. The number of carboxylic acid groups (broad SMARTS) is 1. The van der Waals surface area contributed by atoms with E-state index < -0.39 is 17.9 Å². The van der Waals surface area contributed by atoms with Gasteiger partial charge in [0.1, 0.15) is 12.0 Å². The molecule has 116 valence electrons. The number of benzene rings is 1. The number of carbonyl (C=O) groups is 2. The van der Waals surface area contributed by atoms with E-state index in [1.165, 1.54) is 6.26 Å². The van der Waals surface area contributed by atoms with Gasteiger partial charge in [0.05, 0.1) is 11.5 Å². The summed E-state index contributed by atoms with van der Waals surface area (Å²) in [7, 11) is 0. The molecule has 2 aromatic rings. The van der Waals surface area contributed by atoms with Crippen molar-refractivity contribution in [3.05, 3.63) is 59.5 Å². The molecule has 0 saturated carbocycles. The zero-order valence-electron chi connectivity index (χ0n) is 12.6. The molecule has 0 bridgehead atoms. The molecule has 22 heavy (non-hydrogen) atoms. The van der Waals surface area contributed by atoms with Crippen molar-refractivity contribution in [1.82, 2.24) is 5.32 Å². The van der Waals surface area contributed by atoms with Gasteiger partial charge in [0.2, 0.25) is 0 Å². The van der Waals surface area contributed by atoms with Crippen LogP contribution in [0, 0.1) is 12.8 Å². The number of amides is 1. The maximum atomic E-state index is 12.1. The second-order valence-corrected chi connectivity index (χ2v) is 5.34. The second-order valence-electron chi connectivity index (χ2n) is 5.34. The summed E-state index contributed by atoms with van der Waals surface area (Å²) in [5.41, 5.74) is 1.32. The lowest BCUT2D eigenvalue weighted by Crippen LogP contribution is -2.42. The van der Waals surface area contributed by atoms with E-state index >= 15 is 0 Å². The lowest BCUT2D eigenvalue weighted by molar-refractivity contribution is -0.142. The van der Waals surface area contributed by atoms with Crippen LogP contribution in [0.2, 0.25) is 0 Å². The average Bonchev–Trinajstić information content (AvgIpc) is 2.92. The third kappa shape index (κ3) is 3.97. The van der Waals surface area contributed by atoms with E-state index in [9.17, 15) is 14.7 Å². The smallest absolute Gasteiger partial charge is 0.308 e. The number of hydrogen-bond donors (Lipinski definition) is 2. The van der Waals surface area contributed by atoms with Gasteiger partial charge in [-0.05, 0) is 31.9 Å². The lowest BCUT2D eigenvalue weighted by Gasteiger charge is -2.21. The van der Waals surface area contributed by atoms with Crippen molar-refractivity contribution in [1.29, 1.82) is 0 Å². The van der Waals surface area contributed by atoms with Crippen molar-refractivity contribution in [3.8, 4) is 0 Å². The minimum absolute atomic E-state index is 0.330. The summed E-state index contributed by atoms with van der Waals surface area (Å²) in [5, 5.41) is 12.2. The Bertz CT molecular complexity index is 648. The first kappa shape index (κ1) is 15.8. The van der Waals surface area contributed by atoms with Crippen LogP contribution in [-0.4, -0.2) is 23.0 Å². The van der Waals surface area contributed by atoms with Crippen LogP contribution in [0.5, 0.6) is 0 Å². The largest absolute Gasteiger partial charge is 0.481 e. The van der Waals surface area contributed by atoms with Gasteiger partial charge < -0.3 is 14.8 Å². The Morgan fingerprint density at radius 3 is 2.50 bits per heavy atom. The quantitative estimate of drug-likeness (QED) is 0.859. The van der Waals surface area contributed by atoms with Crippen molar-refractivity contribution in [2.45, 2.75) is 26.3 Å². The van der Waals surface area contributed by atoms with Gasteiger partial charge in [-0.1, -0.05) is 30.3 Å². The fraction of sp³-hybridized carbons (Fsp3) is 0.294. The molecular weight excluding hydrogens is 282 g/mol. The van der Waals surface area contributed by atoms with E-state index in [0.717, 1.165) is 5.56 Å². The van der Waals surface area contributed by atoms with Crippen LogP contribution in [0.1, 0.15) is 28.6 Å². The number of furan rings is 1. The van der Waals surface area contributed by atoms with Gasteiger partial charge in [0.25, 0.3) is 5.91 Å². The Hall–Kier alpha value is -2.56. The first-order valence-corrected chi connectivity index (χ1v) is 7.10. The standard InChI is InChI=1S/C17H19NO4/c1-11-8-14(10-22-11)16(19)18-12(2)15(17(20)21)9-13-6-4-3-5-7-13/h3-8,10,12,15H,9H2,1-2H3,(H,18,19)(H,20,21). The third-order valence-corrected chi connectivity index (χ3v) is 3.57. The Morgan fingerprint density at radius 2 is 1.95 bits per heavy atom. The van der Waals surface area contributed by atoms with Crippen molar-refractivity contribution in [2.24, 2.45) is 5.92 Å². The second kappa shape index (κ2) is 6.93.